The second kappa shape index (κ2) is 8.75. The van der Waals surface area contributed by atoms with Gasteiger partial charge in [0.25, 0.3) is 0 Å². The number of nitrogens with zero attached hydrogens (tertiary/aromatic N) is 3. The van der Waals surface area contributed by atoms with Gasteiger partial charge in [0.15, 0.2) is 0 Å². The first-order valence-electron chi connectivity index (χ1n) is 9.71. The molecule has 0 atom stereocenters. The molecule has 2 aromatic heterocycles. The second-order valence-corrected chi connectivity index (χ2v) is 8.88. The number of hydrogen-bond donors (Lipinski definition) is 2. The van der Waals surface area contributed by atoms with E-state index < -0.39 is 10.0 Å². The van der Waals surface area contributed by atoms with Crippen molar-refractivity contribution >= 4 is 38.1 Å². The van der Waals surface area contributed by atoms with Crippen molar-refractivity contribution in [2.45, 2.75) is 6.92 Å². The van der Waals surface area contributed by atoms with E-state index >= 15 is 0 Å². The third-order valence-corrected chi connectivity index (χ3v) is 6.06. The fourth-order valence-corrected chi connectivity index (χ4v) is 3.72. The average molecular weight is 453 g/mol. The van der Waals surface area contributed by atoms with Gasteiger partial charge in [-0.1, -0.05) is 6.07 Å². The quantitative estimate of drug-likeness (QED) is 0.429. The Morgan fingerprint density at radius 3 is 2.50 bits per heavy atom. The van der Waals surface area contributed by atoms with E-state index in [0.717, 1.165) is 10.9 Å². The van der Waals surface area contributed by atoms with Crippen LogP contribution in [-0.4, -0.2) is 36.2 Å². The van der Waals surface area contributed by atoms with Crippen LogP contribution in [0.1, 0.15) is 6.92 Å². The summed E-state index contributed by atoms with van der Waals surface area (Å²) in [4.78, 5) is 12.9. The molecule has 164 valence electrons. The maximum absolute atomic E-state index is 13.2. The van der Waals surface area contributed by atoms with Crippen molar-refractivity contribution in [3.8, 4) is 17.0 Å². The number of benzene rings is 2. The molecular weight excluding hydrogens is 433 g/mol. The molecule has 4 rings (SSSR count). The number of anilines is 3. The molecule has 0 spiro atoms. The Balaban J connectivity index is 1.76. The highest BCUT2D eigenvalue weighted by Gasteiger charge is 2.15. The minimum Gasteiger partial charge on any atom is -0.480 e. The molecule has 2 heterocycles. The van der Waals surface area contributed by atoms with Crippen LogP contribution in [0.25, 0.3) is 22.0 Å². The molecule has 4 aromatic rings. The lowest BCUT2D eigenvalue weighted by Gasteiger charge is -2.13. The van der Waals surface area contributed by atoms with Gasteiger partial charge in [0.2, 0.25) is 15.9 Å². The van der Waals surface area contributed by atoms with E-state index in [0.29, 0.717) is 22.6 Å². The largest absolute Gasteiger partial charge is 0.480 e. The van der Waals surface area contributed by atoms with Crippen molar-refractivity contribution in [1.82, 2.24) is 15.0 Å². The van der Waals surface area contributed by atoms with E-state index in [9.17, 15) is 12.8 Å². The van der Waals surface area contributed by atoms with E-state index in [-0.39, 0.29) is 23.1 Å². The number of nitrogens with one attached hydrogen (secondary N) is 2. The third kappa shape index (κ3) is 4.59. The number of fused-ring (bicyclic) bond motifs is 1. The van der Waals surface area contributed by atoms with Crippen LogP contribution < -0.4 is 14.8 Å². The minimum absolute atomic E-state index is 0.0773. The monoisotopic (exact) mass is 453 g/mol. The van der Waals surface area contributed by atoms with Gasteiger partial charge in [-0.3, -0.25) is 4.72 Å². The highest BCUT2D eigenvalue weighted by Crippen LogP contribution is 2.32. The molecule has 0 fully saturated rings. The molecule has 10 heteroatoms. The maximum atomic E-state index is 13.2. The first kappa shape index (κ1) is 21.4. The van der Waals surface area contributed by atoms with Crippen LogP contribution in [0.4, 0.5) is 21.6 Å². The van der Waals surface area contributed by atoms with E-state index in [2.05, 4.69) is 25.0 Å². The Bertz CT molecular complexity index is 1380. The summed E-state index contributed by atoms with van der Waals surface area (Å²) in [5.74, 6) is 0.323. The van der Waals surface area contributed by atoms with Gasteiger partial charge < -0.3 is 10.1 Å². The predicted octanol–water partition coefficient (Wildman–Crippen LogP) is 4.34. The highest BCUT2D eigenvalue weighted by molar-refractivity contribution is 7.92. The minimum atomic E-state index is -3.51. The number of pyridine rings is 1. The molecule has 0 radical (unpaired) electrons. The lowest BCUT2D eigenvalue weighted by atomic mass is 10.0. The zero-order chi connectivity index (χ0) is 22.7. The van der Waals surface area contributed by atoms with Crippen LogP contribution in [0.3, 0.4) is 0 Å². The number of rotatable bonds is 7. The smallest absolute Gasteiger partial charge is 0.238 e. The molecular formula is C22H20FN5O3S. The van der Waals surface area contributed by atoms with Crippen LogP contribution in [0, 0.1) is 5.82 Å². The zero-order valence-corrected chi connectivity index (χ0v) is 18.1. The van der Waals surface area contributed by atoms with E-state index in [1.165, 1.54) is 25.6 Å². The second-order valence-electron chi connectivity index (χ2n) is 6.87. The number of ether oxygens (including phenoxy) is 1. The normalized spacial score (nSPS) is 11.3. The first-order valence-corrected chi connectivity index (χ1v) is 11.4. The van der Waals surface area contributed by atoms with E-state index in [1.54, 1.807) is 31.3 Å². The van der Waals surface area contributed by atoms with Crippen molar-refractivity contribution in [3.63, 3.8) is 0 Å². The summed E-state index contributed by atoms with van der Waals surface area (Å²) in [5.41, 5.74) is 3.10. The van der Waals surface area contributed by atoms with Crippen molar-refractivity contribution in [2.24, 2.45) is 0 Å². The Morgan fingerprint density at radius 1 is 1.00 bits per heavy atom. The van der Waals surface area contributed by atoms with Gasteiger partial charge in [-0.25, -0.2) is 27.8 Å². The van der Waals surface area contributed by atoms with Crippen LogP contribution in [0.15, 0.2) is 61.1 Å². The van der Waals surface area contributed by atoms with Gasteiger partial charge in [0, 0.05) is 22.8 Å². The van der Waals surface area contributed by atoms with Gasteiger partial charge in [-0.05, 0) is 55.0 Å². The van der Waals surface area contributed by atoms with Crippen molar-refractivity contribution in [1.29, 1.82) is 0 Å². The summed E-state index contributed by atoms with van der Waals surface area (Å²) in [6.45, 7) is 1.55. The molecule has 0 saturated heterocycles. The lowest BCUT2D eigenvalue weighted by molar-refractivity contribution is 0.400. The molecule has 0 aliphatic heterocycles. The van der Waals surface area contributed by atoms with Crippen molar-refractivity contribution < 1.29 is 17.5 Å². The lowest BCUT2D eigenvalue weighted by Crippen LogP contribution is -2.15. The van der Waals surface area contributed by atoms with Crippen LogP contribution in [0.2, 0.25) is 0 Å². The molecule has 8 nitrogen and oxygen atoms in total. The summed E-state index contributed by atoms with van der Waals surface area (Å²) in [6, 6.07) is 13.2. The van der Waals surface area contributed by atoms with E-state index in [4.69, 9.17) is 4.74 Å². The standard InChI is InChI=1S/C22H20FN5O3S/c1-3-32(29,30)28-20-11-15(12-24-22(20)31-2)14-4-9-19-18(10-14)21(26-13-25-19)27-17-7-5-16(23)6-8-17/h4-13,28H,3H2,1-2H3,(H,25,26,27). The Hall–Kier alpha value is -3.79. The highest BCUT2D eigenvalue weighted by atomic mass is 32.2. The molecule has 0 amide bonds. The number of aromatic nitrogens is 3. The van der Waals surface area contributed by atoms with Crippen molar-refractivity contribution in [2.75, 3.05) is 22.9 Å². The first-order chi connectivity index (χ1) is 15.4. The van der Waals surface area contributed by atoms with Crippen LogP contribution in [0.5, 0.6) is 5.88 Å². The summed E-state index contributed by atoms with van der Waals surface area (Å²) < 4.78 is 45.0. The molecule has 0 aliphatic carbocycles. The molecule has 2 N–H and O–H groups in total. The van der Waals surface area contributed by atoms with Gasteiger partial charge >= 0.3 is 0 Å². The van der Waals surface area contributed by atoms with E-state index in [1.807, 2.05) is 18.2 Å². The molecule has 0 saturated carbocycles. The number of sulfonamides is 1. The predicted molar refractivity (Wildman–Crippen MR) is 122 cm³/mol. The van der Waals surface area contributed by atoms with Crippen molar-refractivity contribution in [3.05, 3.63) is 66.9 Å². The summed E-state index contributed by atoms with van der Waals surface area (Å²) in [6.07, 6.45) is 3.04. The van der Waals surface area contributed by atoms with Gasteiger partial charge in [0.05, 0.1) is 18.4 Å². The number of hydrogen-bond acceptors (Lipinski definition) is 7. The number of halogens is 1. The van der Waals surface area contributed by atoms with Crippen LogP contribution in [-0.2, 0) is 10.0 Å². The fraction of sp³-hybridized carbons (Fsp3) is 0.136. The molecule has 0 bridgehead atoms. The van der Waals surface area contributed by atoms with Gasteiger partial charge in [-0.2, -0.15) is 0 Å². The Morgan fingerprint density at radius 2 is 1.78 bits per heavy atom. The molecule has 0 unspecified atom stereocenters. The Kier molecular flexibility index (Phi) is 5.87. The fourth-order valence-electron chi connectivity index (χ4n) is 3.09. The maximum Gasteiger partial charge on any atom is 0.238 e. The third-order valence-electron chi connectivity index (χ3n) is 4.77. The topological polar surface area (TPSA) is 106 Å². The van der Waals surface area contributed by atoms with Gasteiger partial charge in [-0.15, -0.1) is 0 Å². The summed E-state index contributed by atoms with van der Waals surface area (Å²) in [5, 5.41) is 3.91. The van der Waals surface area contributed by atoms with Gasteiger partial charge in [0.1, 0.15) is 23.6 Å². The Labute approximate surface area is 184 Å². The summed E-state index contributed by atoms with van der Waals surface area (Å²) >= 11 is 0. The average Bonchev–Trinajstić information content (AvgIpc) is 2.80. The molecule has 32 heavy (non-hydrogen) atoms. The van der Waals surface area contributed by atoms with Crippen LogP contribution >= 0.6 is 0 Å². The SMILES string of the molecule is CCS(=O)(=O)Nc1cc(-c2ccc3ncnc(Nc4ccc(F)cc4)c3c2)cnc1OC. The zero-order valence-electron chi connectivity index (χ0n) is 17.3. The number of methoxy groups -OCH3 is 1. The summed E-state index contributed by atoms with van der Waals surface area (Å²) in [7, 11) is -2.09. The molecule has 0 aliphatic rings. The molecule has 2 aromatic carbocycles.